The molecule has 16 heavy (non-hydrogen) atoms. The van der Waals surface area contributed by atoms with Gasteiger partial charge in [0.05, 0.1) is 12.0 Å². The monoisotopic (exact) mass is 221 g/mol. The molecule has 3 heteroatoms. The minimum absolute atomic E-state index is 0.542. The van der Waals surface area contributed by atoms with Crippen LogP contribution < -0.4 is 5.32 Å². The lowest BCUT2D eigenvalue weighted by atomic mass is 9.95. The van der Waals surface area contributed by atoms with Gasteiger partial charge in [-0.15, -0.1) is 0 Å². The fourth-order valence-electron chi connectivity index (χ4n) is 2.30. The number of imidazole rings is 1. The molecule has 1 aliphatic rings. The van der Waals surface area contributed by atoms with Gasteiger partial charge < -0.3 is 9.88 Å². The highest BCUT2D eigenvalue weighted by molar-refractivity contribution is 5.01. The molecule has 90 valence electrons. The van der Waals surface area contributed by atoms with Gasteiger partial charge in [0.15, 0.2) is 0 Å². The van der Waals surface area contributed by atoms with Gasteiger partial charge in [0.25, 0.3) is 0 Å². The summed E-state index contributed by atoms with van der Waals surface area (Å²) in [5.41, 5.74) is 1.21. The van der Waals surface area contributed by atoms with Crippen LogP contribution in [0.2, 0.25) is 0 Å². The fourth-order valence-corrected chi connectivity index (χ4v) is 2.30. The van der Waals surface area contributed by atoms with Gasteiger partial charge >= 0.3 is 0 Å². The van der Waals surface area contributed by atoms with E-state index in [4.69, 9.17) is 0 Å². The average Bonchev–Trinajstić information content (AvgIpc) is 2.76. The van der Waals surface area contributed by atoms with E-state index in [1.54, 1.807) is 0 Å². The zero-order valence-corrected chi connectivity index (χ0v) is 10.4. The number of nitrogens with zero attached hydrogens (tertiary/aromatic N) is 2. The van der Waals surface area contributed by atoms with Crippen molar-refractivity contribution < 1.29 is 0 Å². The van der Waals surface area contributed by atoms with Crippen molar-refractivity contribution in [1.82, 2.24) is 14.9 Å². The Morgan fingerprint density at radius 3 is 2.81 bits per heavy atom. The summed E-state index contributed by atoms with van der Waals surface area (Å²) in [4.78, 5) is 4.43. The molecule has 1 fully saturated rings. The van der Waals surface area contributed by atoms with Crippen LogP contribution in [0, 0.1) is 5.92 Å². The number of piperidine rings is 1. The molecule has 1 saturated heterocycles. The second-order valence-electron chi connectivity index (χ2n) is 5.17. The van der Waals surface area contributed by atoms with E-state index in [9.17, 15) is 0 Å². The van der Waals surface area contributed by atoms with Crippen molar-refractivity contribution in [2.24, 2.45) is 5.92 Å². The Kier molecular flexibility index (Phi) is 3.99. The van der Waals surface area contributed by atoms with E-state index < -0.39 is 0 Å². The van der Waals surface area contributed by atoms with Crippen molar-refractivity contribution in [2.45, 2.75) is 45.6 Å². The summed E-state index contributed by atoms with van der Waals surface area (Å²) in [6.07, 6.45) is 8.16. The molecule has 3 nitrogen and oxygen atoms in total. The number of aryl methyl sites for hydroxylation is 1. The van der Waals surface area contributed by atoms with E-state index in [1.165, 1.54) is 38.0 Å². The second-order valence-corrected chi connectivity index (χ2v) is 5.17. The molecule has 1 N–H and O–H groups in total. The van der Waals surface area contributed by atoms with Gasteiger partial charge in [-0.3, -0.25) is 0 Å². The van der Waals surface area contributed by atoms with E-state index in [-0.39, 0.29) is 0 Å². The highest BCUT2D eigenvalue weighted by atomic mass is 15.0. The van der Waals surface area contributed by atoms with Crippen LogP contribution in [-0.4, -0.2) is 22.6 Å². The van der Waals surface area contributed by atoms with Gasteiger partial charge in [-0.1, -0.05) is 13.8 Å². The molecule has 0 spiro atoms. The van der Waals surface area contributed by atoms with Crippen molar-refractivity contribution in [2.75, 3.05) is 13.1 Å². The van der Waals surface area contributed by atoms with E-state index in [0.717, 1.165) is 12.5 Å². The van der Waals surface area contributed by atoms with Crippen molar-refractivity contribution in [3.63, 3.8) is 0 Å². The summed E-state index contributed by atoms with van der Waals surface area (Å²) in [7, 11) is 0. The highest BCUT2D eigenvalue weighted by Crippen LogP contribution is 2.17. The summed E-state index contributed by atoms with van der Waals surface area (Å²) in [5, 5.41) is 3.41. The summed E-state index contributed by atoms with van der Waals surface area (Å²) in [6, 6.07) is 0. The smallest absolute Gasteiger partial charge is 0.0949 e. The number of aromatic nitrogens is 2. The first-order valence-corrected chi connectivity index (χ1v) is 6.48. The molecule has 0 aromatic carbocycles. The molecule has 0 saturated carbocycles. The first-order chi connectivity index (χ1) is 7.75. The molecule has 2 heterocycles. The zero-order chi connectivity index (χ0) is 11.4. The summed E-state index contributed by atoms with van der Waals surface area (Å²) in [5.74, 6) is 1.45. The zero-order valence-electron chi connectivity index (χ0n) is 10.4. The van der Waals surface area contributed by atoms with E-state index in [0.29, 0.717) is 5.92 Å². The topological polar surface area (TPSA) is 29.9 Å². The minimum atomic E-state index is 0.542. The molecule has 0 atom stereocenters. The van der Waals surface area contributed by atoms with Crippen LogP contribution >= 0.6 is 0 Å². The molecular weight excluding hydrogens is 198 g/mol. The standard InChI is InChI=1S/C13H23N3/c1-11(2)13-9-16(10-15-13)8-5-12-3-6-14-7-4-12/h9-12,14H,3-8H2,1-2H3. The third-order valence-corrected chi connectivity index (χ3v) is 3.50. The SMILES string of the molecule is CC(C)c1cn(CCC2CCNCC2)cn1. The van der Waals surface area contributed by atoms with Gasteiger partial charge in [0, 0.05) is 12.7 Å². The van der Waals surface area contributed by atoms with E-state index in [1.807, 2.05) is 6.33 Å². The molecule has 1 aromatic heterocycles. The fraction of sp³-hybridized carbons (Fsp3) is 0.769. The van der Waals surface area contributed by atoms with Crippen LogP contribution in [0.1, 0.15) is 44.7 Å². The molecule has 0 bridgehead atoms. The maximum absolute atomic E-state index is 4.43. The summed E-state index contributed by atoms with van der Waals surface area (Å²) < 4.78 is 2.25. The Bertz CT molecular complexity index is 311. The maximum Gasteiger partial charge on any atom is 0.0949 e. The first-order valence-electron chi connectivity index (χ1n) is 6.48. The number of nitrogens with one attached hydrogen (secondary N) is 1. The van der Waals surface area contributed by atoms with Gasteiger partial charge in [-0.25, -0.2) is 4.98 Å². The molecule has 1 aliphatic heterocycles. The minimum Gasteiger partial charge on any atom is -0.337 e. The Morgan fingerprint density at radius 1 is 1.44 bits per heavy atom. The van der Waals surface area contributed by atoms with E-state index in [2.05, 4.69) is 34.9 Å². The lowest BCUT2D eigenvalue weighted by molar-refractivity contribution is 0.338. The molecule has 0 unspecified atom stereocenters. The predicted octanol–water partition coefficient (Wildman–Crippen LogP) is 2.40. The van der Waals surface area contributed by atoms with Crippen LogP contribution in [0.3, 0.4) is 0 Å². The summed E-state index contributed by atoms with van der Waals surface area (Å²) in [6.45, 7) is 7.92. The van der Waals surface area contributed by atoms with Gasteiger partial charge in [-0.05, 0) is 44.2 Å². The maximum atomic E-state index is 4.43. The largest absolute Gasteiger partial charge is 0.337 e. The van der Waals surface area contributed by atoms with Crippen LogP contribution in [-0.2, 0) is 6.54 Å². The van der Waals surface area contributed by atoms with Crippen LogP contribution in [0.5, 0.6) is 0 Å². The Hall–Kier alpha value is -0.830. The molecule has 0 radical (unpaired) electrons. The predicted molar refractivity (Wildman–Crippen MR) is 66.5 cm³/mol. The van der Waals surface area contributed by atoms with Crippen molar-refractivity contribution in [3.05, 3.63) is 18.2 Å². The van der Waals surface area contributed by atoms with Crippen LogP contribution in [0.15, 0.2) is 12.5 Å². The van der Waals surface area contributed by atoms with Gasteiger partial charge in [0.1, 0.15) is 0 Å². The average molecular weight is 221 g/mol. The highest BCUT2D eigenvalue weighted by Gasteiger charge is 2.12. The normalized spacial score (nSPS) is 18.2. The number of rotatable bonds is 4. The molecule has 0 aliphatic carbocycles. The van der Waals surface area contributed by atoms with Gasteiger partial charge in [-0.2, -0.15) is 0 Å². The third-order valence-electron chi connectivity index (χ3n) is 3.50. The van der Waals surface area contributed by atoms with Crippen LogP contribution in [0.25, 0.3) is 0 Å². The number of hydrogen-bond acceptors (Lipinski definition) is 2. The quantitative estimate of drug-likeness (QED) is 0.846. The van der Waals surface area contributed by atoms with Crippen molar-refractivity contribution in [3.8, 4) is 0 Å². The molecule has 2 rings (SSSR count). The molecular formula is C13H23N3. The second kappa shape index (κ2) is 5.48. The number of hydrogen-bond donors (Lipinski definition) is 1. The third kappa shape index (κ3) is 3.08. The van der Waals surface area contributed by atoms with Crippen molar-refractivity contribution >= 4 is 0 Å². The molecule has 1 aromatic rings. The molecule has 0 amide bonds. The Labute approximate surface area is 98.3 Å². The Balaban J connectivity index is 1.79. The van der Waals surface area contributed by atoms with E-state index >= 15 is 0 Å². The lowest BCUT2D eigenvalue weighted by Crippen LogP contribution is -2.28. The van der Waals surface area contributed by atoms with Crippen molar-refractivity contribution in [1.29, 1.82) is 0 Å². The first kappa shape index (κ1) is 11.6. The lowest BCUT2D eigenvalue weighted by Gasteiger charge is -2.22. The summed E-state index contributed by atoms with van der Waals surface area (Å²) >= 11 is 0. The Morgan fingerprint density at radius 2 is 2.19 bits per heavy atom. The van der Waals surface area contributed by atoms with Gasteiger partial charge in [0.2, 0.25) is 0 Å². The van der Waals surface area contributed by atoms with Crippen LogP contribution in [0.4, 0.5) is 0 Å².